The van der Waals surface area contributed by atoms with Gasteiger partial charge in [-0.25, -0.2) is 13.1 Å². The third-order valence-electron chi connectivity index (χ3n) is 17.4. The van der Waals surface area contributed by atoms with E-state index in [-0.39, 0.29) is 40.8 Å². The summed E-state index contributed by atoms with van der Waals surface area (Å²) in [5.41, 5.74) is 4.74. The van der Waals surface area contributed by atoms with Crippen LogP contribution in [0.15, 0.2) is 83.9 Å². The van der Waals surface area contributed by atoms with Crippen LogP contribution in [0.25, 0.3) is 11.0 Å². The zero-order valence-corrected chi connectivity index (χ0v) is 43.0. The molecule has 2 aliphatic carbocycles. The molecule has 5 aromatic rings. The number of carbonyl (C=O) groups excluding carboxylic acids is 1. The number of sulfonamides is 1. The van der Waals surface area contributed by atoms with Crippen molar-refractivity contribution in [1.29, 1.82) is 0 Å². The monoisotopic (exact) mass is 1020 g/mol. The van der Waals surface area contributed by atoms with E-state index in [2.05, 4.69) is 69.9 Å². The number of benzene rings is 3. The fraction of sp³-hybridized carbons (Fsp3) is 0.527. The van der Waals surface area contributed by atoms with E-state index >= 15 is 0 Å². The first-order chi connectivity index (χ1) is 35.1. The van der Waals surface area contributed by atoms with Crippen LogP contribution in [0.3, 0.4) is 0 Å². The van der Waals surface area contributed by atoms with E-state index in [1.807, 2.05) is 42.3 Å². The second-order valence-electron chi connectivity index (χ2n) is 22.1. The van der Waals surface area contributed by atoms with Crippen molar-refractivity contribution in [3.63, 3.8) is 0 Å². The molecule has 6 heterocycles. The van der Waals surface area contributed by atoms with Crippen LogP contribution in [-0.2, 0) is 19.5 Å². The van der Waals surface area contributed by atoms with E-state index in [0.717, 1.165) is 75.5 Å². The van der Waals surface area contributed by atoms with Crippen LogP contribution in [-0.4, -0.2) is 116 Å². The van der Waals surface area contributed by atoms with Gasteiger partial charge in [-0.15, -0.1) is 0 Å². The van der Waals surface area contributed by atoms with Gasteiger partial charge in [0.15, 0.2) is 0 Å². The minimum atomic E-state index is -4.63. The number of fused-ring (bicyclic) bond motifs is 3. The maximum atomic E-state index is 14.7. The van der Waals surface area contributed by atoms with Gasteiger partial charge >= 0.3 is 0 Å². The molecule has 73 heavy (non-hydrogen) atoms. The lowest BCUT2D eigenvalue weighted by atomic mass is 9.53. The van der Waals surface area contributed by atoms with Crippen LogP contribution in [0.4, 0.5) is 28.4 Å². The number of hydrogen-bond donors (Lipinski definition) is 4. The fourth-order valence-corrected chi connectivity index (χ4v) is 13.9. The van der Waals surface area contributed by atoms with E-state index in [1.165, 1.54) is 23.3 Å². The van der Waals surface area contributed by atoms with Gasteiger partial charge in [0, 0.05) is 62.0 Å². The number of nitro benzene ring substituents is 1. The molecule has 0 bridgehead atoms. The molecule has 5 fully saturated rings. The predicted molar refractivity (Wildman–Crippen MR) is 279 cm³/mol. The Labute approximate surface area is 427 Å². The Morgan fingerprint density at radius 2 is 1.73 bits per heavy atom. The van der Waals surface area contributed by atoms with Crippen molar-refractivity contribution >= 4 is 55.4 Å². The predicted octanol–water partition coefficient (Wildman–Crippen LogP) is 8.82. The van der Waals surface area contributed by atoms with Gasteiger partial charge in [0.2, 0.25) is 5.88 Å². The highest BCUT2D eigenvalue weighted by molar-refractivity contribution is 7.90. The van der Waals surface area contributed by atoms with E-state index < -0.39 is 37.0 Å². The number of ether oxygens (including phenoxy) is 3. The topological polar surface area (TPSA) is 205 Å². The molecule has 6 aliphatic rings. The summed E-state index contributed by atoms with van der Waals surface area (Å²) < 4.78 is 49.5. The standard InChI is InChI=1S/C55H68N8O9S/c1-34(2)40-7-5-6-8-41(40)48-32-71-26-24-61(48)47-30-55(35(47)3)19-22-60(23-20-55)38-9-11-42(44(28-38)62-46-27-37-15-21-56-51(37)58-53(46)72-50-16-25-70-33-49(50)62)52(64)59-73(68,69)39-10-12-43(45(29-39)63(66)67)57-31-36-13-17-54(4,65)18-14-36/h5-12,15,21,27-29,34-36,47-50,57,65H,13-14,16-20,22-26,30-33H2,1-4H3,(H,56,58)(H,59,64)/t35-,36?,47+,48+,49+,50+,54?/m0/s1. The van der Waals surface area contributed by atoms with Crippen LogP contribution >= 0.6 is 0 Å². The summed E-state index contributed by atoms with van der Waals surface area (Å²) in [7, 11) is -4.63. The number of nitrogens with one attached hydrogen (secondary N) is 3. The molecule has 0 radical (unpaired) electrons. The smallest absolute Gasteiger partial charge is 0.293 e. The molecule has 1 amide bonds. The molecular weight excluding hydrogens is 949 g/mol. The van der Waals surface area contributed by atoms with E-state index in [9.17, 15) is 28.4 Å². The van der Waals surface area contributed by atoms with Crippen molar-refractivity contribution < 1.29 is 37.5 Å². The van der Waals surface area contributed by atoms with E-state index in [4.69, 9.17) is 19.2 Å². The number of rotatable bonds is 12. The van der Waals surface area contributed by atoms with Gasteiger partial charge < -0.3 is 39.4 Å². The highest BCUT2D eigenvalue weighted by Crippen LogP contribution is 2.57. The quantitative estimate of drug-likeness (QED) is 0.0681. The normalized spacial score (nSPS) is 27.2. The number of aliphatic hydroxyl groups is 1. The SMILES string of the molecule is CC(C)c1ccccc1[C@H]1COCCN1[C@@H]1CC2(CCN(c3ccc(C(=O)NS(=O)(=O)c4ccc(NCC5CCC(C)(O)CC5)c([N+](=O)[O-])c4)c(N4c5cc6cc[nH]c6nc5O[C@@H]5CCOC[C@H]54)c3)CC2)[C@H]1C. The van der Waals surface area contributed by atoms with E-state index in [0.29, 0.717) is 86.4 Å². The van der Waals surface area contributed by atoms with Gasteiger partial charge in [0.05, 0.1) is 65.2 Å². The lowest BCUT2D eigenvalue weighted by molar-refractivity contribution is -0.384. The van der Waals surface area contributed by atoms with Gasteiger partial charge in [0.25, 0.3) is 21.6 Å². The number of aromatic amines is 1. The molecule has 3 saturated heterocycles. The molecule has 18 heteroatoms. The van der Waals surface area contributed by atoms with Gasteiger partial charge in [-0.1, -0.05) is 45.0 Å². The second-order valence-corrected chi connectivity index (χ2v) is 23.8. The minimum Gasteiger partial charge on any atom is -0.470 e. The first-order valence-corrected chi connectivity index (χ1v) is 27.7. The van der Waals surface area contributed by atoms with E-state index in [1.54, 1.807) is 6.07 Å². The molecule has 4 N–H and O–H groups in total. The molecule has 3 aromatic carbocycles. The maximum absolute atomic E-state index is 14.7. The number of amides is 1. The summed E-state index contributed by atoms with van der Waals surface area (Å²) >= 11 is 0. The van der Waals surface area contributed by atoms with Crippen molar-refractivity contribution in [3.05, 3.63) is 106 Å². The Balaban J connectivity index is 0.873. The van der Waals surface area contributed by atoms with Crippen LogP contribution < -0.4 is 24.6 Å². The summed E-state index contributed by atoms with van der Waals surface area (Å²) in [5.74, 6) is 0.611. The number of morpholine rings is 1. The van der Waals surface area contributed by atoms with Gasteiger partial charge in [0.1, 0.15) is 23.1 Å². The molecule has 11 rings (SSSR count). The average Bonchev–Trinajstić information content (AvgIpc) is 3.85. The van der Waals surface area contributed by atoms with Crippen LogP contribution in [0.1, 0.15) is 113 Å². The highest BCUT2D eigenvalue weighted by Gasteiger charge is 2.55. The zero-order chi connectivity index (χ0) is 50.8. The summed E-state index contributed by atoms with van der Waals surface area (Å²) in [6.07, 6.45) is 7.99. The Hall–Kier alpha value is -5.79. The van der Waals surface area contributed by atoms with Gasteiger partial charge in [-0.2, -0.15) is 4.98 Å². The Morgan fingerprint density at radius 1 is 0.945 bits per heavy atom. The molecule has 4 aliphatic heterocycles. The Morgan fingerprint density at radius 3 is 2.49 bits per heavy atom. The molecule has 5 atom stereocenters. The van der Waals surface area contributed by atoms with Crippen molar-refractivity contribution in [2.45, 2.75) is 120 Å². The average molecular weight is 1020 g/mol. The molecular formula is C55H68N8O9S. The van der Waals surface area contributed by atoms with Crippen molar-refractivity contribution in [2.75, 3.05) is 67.7 Å². The summed E-state index contributed by atoms with van der Waals surface area (Å²) in [5, 5.41) is 26.8. The number of pyridine rings is 1. The number of anilines is 4. The molecule has 2 aromatic heterocycles. The number of piperidine rings is 1. The minimum absolute atomic E-state index is 0.0981. The fourth-order valence-electron chi connectivity index (χ4n) is 12.9. The largest absolute Gasteiger partial charge is 0.470 e. The van der Waals surface area contributed by atoms with Crippen molar-refractivity contribution in [3.8, 4) is 5.88 Å². The van der Waals surface area contributed by atoms with Gasteiger partial charge in [-0.3, -0.25) is 19.8 Å². The third-order valence-corrected chi connectivity index (χ3v) is 18.7. The number of nitrogens with zero attached hydrogens (tertiary/aromatic N) is 5. The maximum Gasteiger partial charge on any atom is 0.293 e. The zero-order valence-electron chi connectivity index (χ0n) is 42.2. The number of carbonyl (C=O) groups is 1. The Bertz CT molecular complexity index is 3000. The number of H-pyrrole nitrogens is 1. The van der Waals surface area contributed by atoms with Crippen molar-refractivity contribution in [1.82, 2.24) is 19.6 Å². The number of nitro groups is 1. The first kappa shape index (κ1) is 49.4. The number of hydrogen-bond acceptors (Lipinski definition) is 14. The molecule has 0 unspecified atom stereocenters. The third kappa shape index (κ3) is 9.42. The molecule has 1 spiro atoms. The molecule has 388 valence electrons. The van der Waals surface area contributed by atoms with Crippen LogP contribution in [0.2, 0.25) is 0 Å². The number of aromatic nitrogens is 2. The van der Waals surface area contributed by atoms with Crippen LogP contribution in [0, 0.1) is 27.4 Å². The summed E-state index contributed by atoms with van der Waals surface area (Å²) in [6, 6.07) is 22.2. The summed E-state index contributed by atoms with van der Waals surface area (Å²) in [4.78, 5) is 41.3. The molecule has 2 saturated carbocycles. The lowest BCUT2D eigenvalue weighted by Gasteiger charge is -2.62. The second kappa shape index (κ2) is 19.5. The van der Waals surface area contributed by atoms with Crippen molar-refractivity contribution in [2.24, 2.45) is 17.3 Å². The summed E-state index contributed by atoms with van der Waals surface area (Å²) in [6.45, 7) is 14.0. The first-order valence-electron chi connectivity index (χ1n) is 26.2. The van der Waals surface area contributed by atoms with Crippen LogP contribution in [0.5, 0.6) is 5.88 Å². The van der Waals surface area contributed by atoms with Gasteiger partial charge in [-0.05, 0) is 129 Å². The Kier molecular flexibility index (Phi) is 13.2. The highest BCUT2D eigenvalue weighted by atomic mass is 32.2. The molecule has 17 nitrogen and oxygen atoms in total. The lowest BCUT2D eigenvalue weighted by Crippen LogP contribution is -2.63.